The summed E-state index contributed by atoms with van der Waals surface area (Å²) < 4.78 is 5.51. The largest absolute Gasteiger partial charge is 0.494 e. The van der Waals surface area contributed by atoms with Crippen LogP contribution in [-0.2, 0) is 6.54 Å². The maximum atomic E-state index is 5.54. The Bertz CT molecular complexity index is 505. The zero-order valence-electron chi connectivity index (χ0n) is 10.2. The lowest BCUT2D eigenvalue weighted by molar-refractivity contribution is 0.338. The second-order valence-electron chi connectivity index (χ2n) is 3.90. The van der Waals surface area contributed by atoms with Crippen LogP contribution in [0.4, 0.5) is 0 Å². The van der Waals surface area contributed by atoms with Gasteiger partial charge in [-0.25, -0.2) is 0 Å². The Morgan fingerprint density at radius 2 is 2.18 bits per heavy atom. The van der Waals surface area contributed by atoms with Crippen LogP contribution < -0.4 is 10.5 Å². The summed E-state index contributed by atoms with van der Waals surface area (Å²) in [4.78, 5) is 0. The Morgan fingerprint density at radius 1 is 1.35 bits per heavy atom. The Kier molecular flexibility index (Phi) is 3.44. The van der Waals surface area contributed by atoms with Gasteiger partial charge >= 0.3 is 0 Å². The van der Waals surface area contributed by atoms with Gasteiger partial charge in [0.2, 0.25) is 0 Å². The van der Waals surface area contributed by atoms with Gasteiger partial charge in [0.15, 0.2) is 0 Å². The first kappa shape index (κ1) is 11.7. The normalized spacial score (nSPS) is 10.5. The van der Waals surface area contributed by atoms with Gasteiger partial charge in [0, 0.05) is 17.8 Å². The number of hydrogen-bond donors (Lipinski definition) is 2. The molecule has 1 aromatic heterocycles. The molecule has 17 heavy (non-hydrogen) atoms. The molecule has 90 valence electrons. The highest BCUT2D eigenvalue weighted by atomic mass is 16.5. The average molecular weight is 231 g/mol. The fourth-order valence-electron chi connectivity index (χ4n) is 1.74. The number of rotatable bonds is 4. The van der Waals surface area contributed by atoms with Crippen molar-refractivity contribution in [3.05, 3.63) is 35.5 Å². The molecule has 0 aliphatic heterocycles. The number of nitrogens with one attached hydrogen (secondary N) is 1. The van der Waals surface area contributed by atoms with Crippen molar-refractivity contribution in [3.8, 4) is 17.0 Å². The predicted octanol–water partition coefficient (Wildman–Crippen LogP) is 2.24. The average Bonchev–Trinajstić information content (AvgIpc) is 2.80. The fourth-order valence-corrected chi connectivity index (χ4v) is 1.74. The van der Waals surface area contributed by atoms with E-state index in [1.165, 1.54) is 0 Å². The molecule has 3 N–H and O–H groups in total. The van der Waals surface area contributed by atoms with Crippen LogP contribution in [0.5, 0.6) is 5.75 Å². The molecular weight excluding hydrogens is 214 g/mol. The molecule has 2 aromatic rings. The van der Waals surface area contributed by atoms with Crippen molar-refractivity contribution in [3.63, 3.8) is 0 Å². The first-order chi connectivity index (χ1) is 8.24. The van der Waals surface area contributed by atoms with Crippen LogP contribution in [0.3, 0.4) is 0 Å². The maximum Gasteiger partial charge on any atom is 0.122 e. The van der Waals surface area contributed by atoms with Crippen LogP contribution in [0.1, 0.15) is 18.2 Å². The molecule has 0 spiro atoms. The summed E-state index contributed by atoms with van der Waals surface area (Å²) in [5, 5.41) is 7.14. The van der Waals surface area contributed by atoms with E-state index >= 15 is 0 Å². The van der Waals surface area contributed by atoms with E-state index < -0.39 is 0 Å². The van der Waals surface area contributed by atoms with Gasteiger partial charge in [0.05, 0.1) is 12.3 Å². The molecule has 2 rings (SSSR count). The second-order valence-corrected chi connectivity index (χ2v) is 3.90. The SMILES string of the molecule is CCOc1ccc(-c2cc(CN)[nH]n2)cc1C. The van der Waals surface area contributed by atoms with Crippen molar-refractivity contribution in [1.29, 1.82) is 0 Å². The molecule has 0 amide bonds. The van der Waals surface area contributed by atoms with Crippen LogP contribution in [0.2, 0.25) is 0 Å². The van der Waals surface area contributed by atoms with E-state index in [1.54, 1.807) is 0 Å². The van der Waals surface area contributed by atoms with E-state index in [0.29, 0.717) is 13.2 Å². The lowest BCUT2D eigenvalue weighted by Gasteiger charge is -2.07. The monoisotopic (exact) mass is 231 g/mol. The fraction of sp³-hybridized carbons (Fsp3) is 0.308. The lowest BCUT2D eigenvalue weighted by atomic mass is 10.1. The highest BCUT2D eigenvalue weighted by Crippen LogP contribution is 2.25. The van der Waals surface area contributed by atoms with Crippen LogP contribution in [0.25, 0.3) is 11.3 Å². The second kappa shape index (κ2) is 5.01. The molecule has 0 unspecified atom stereocenters. The van der Waals surface area contributed by atoms with Gasteiger partial charge in [-0.05, 0) is 43.7 Å². The van der Waals surface area contributed by atoms with Crippen LogP contribution in [-0.4, -0.2) is 16.8 Å². The minimum atomic E-state index is 0.475. The number of hydrogen-bond acceptors (Lipinski definition) is 3. The Morgan fingerprint density at radius 3 is 2.76 bits per heavy atom. The smallest absolute Gasteiger partial charge is 0.122 e. The van der Waals surface area contributed by atoms with Crippen molar-refractivity contribution < 1.29 is 4.74 Å². The summed E-state index contributed by atoms with van der Waals surface area (Å²) >= 11 is 0. The number of ether oxygens (including phenoxy) is 1. The quantitative estimate of drug-likeness (QED) is 0.848. The number of aromatic nitrogens is 2. The van der Waals surface area contributed by atoms with E-state index in [1.807, 2.05) is 32.0 Å². The van der Waals surface area contributed by atoms with Crippen molar-refractivity contribution in [2.75, 3.05) is 6.61 Å². The van der Waals surface area contributed by atoms with E-state index in [9.17, 15) is 0 Å². The molecule has 1 aromatic carbocycles. The molecule has 0 saturated heterocycles. The van der Waals surface area contributed by atoms with Crippen LogP contribution in [0.15, 0.2) is 24.3 Å². The zero-order chi connectivity index (χ0) is 12.3. The third kappa shape index (κ3) is 2.47. The van der Waals surface area contributed by atoms with Gasteiger partial charge < -0.3 is 10.5 Å². The Labute approximate surface area is 101 Å². The molecule has 4 heteroatoms. The van der Waals surface area contributed by atoms with E-state index in [0.717, 1.165) is 28.3 Å². The van der Waals surface area contributed by atoms with Gasteiger partial charge in [-0.15, -0.1) is 0 Å². The molecule has 0 atom stereocenters. The van der Waals surface area contributed by atoms with Gasteiger partial charge in [-0.1, -0.05) is 0 Å². The summed E-state index contributed by atoms with van der Waals surface area (Å²) in [6.07, 6.45) is 0. The molecule has 0 radical (unpaired) electrons. The van der Waals surface area contributed by atoms with E-state index in [4.69, 9.17) is 10.5 Å². The molecule has 0 fully saturated rings. The zero-order valence-corrected chi connectivity index (χ0v) is 10.2. The molecule has 0 bridgehead atoms. The van der Waals surface area contributed by atoms with Crippen molar-refractivity contribution in [2.45, 2.75) is 20.4 Å². The minimum Gasteiger partial charge on any atom is -0.494 e. The van der Waals surface area contributed by atoms with Crippen molar-refractivity contribution in [1.82, 2.24) is 10.2 Å². The molecule has 0 aliphatic carbocycles. The van der Waals surface area contributed by atoms with Gasteiger partial charge in [0.25, 0.3) is 0 Å². The standard InChI is InChI=1S/C13H17N3O/c1-3-17-13-5-4-10(6-9(13)2)12-7-11(8-14)15-16-12/h4-7H,3,8,14H2,1-2H3,(H,15,16). The first-order valence-corrected chi connectivity index (χ1v) is 5.72. The van der Waals surface area contributed by atoms with Gasteiger partial charge in [-0.3, -0.25) is 5.10 Å². The van der Waals surface area contributed by atoms with Gasteiger partial charge in [0.1, 0.15) is 5.75 Å². The molecular formula is C13H17N3O. The summed E-state index contributed by atoms with van der Waals surface area (Å²) in [6, 6.07) is 8.02. The highest BCUT2D eigenvalue weighted by molar-refractivity contribution is 5.62. The summed E-state index contributed by atoms with van der Waals surface area (Å²) in [5.41, 5.74) is 9.58. The Hall–Kier alpha value is -1.81. The highest BCUT2D eigenvalue weighted by Gasteiger charge is 2.06. The predicted molar refractivity (Wildman–Crippen MR) is 67.8 cm³/mol. The minimum absolute atomic E-state index is 0.475. The topological polar surface area (TPSA) is 63.9 Å². The first-order valence-electron chi connectivity index (χ1n) is 5.72. The third-order valence-electron chi connectivity index (χ3n) is 2.62. The molecule has 1 heterocycles. The molecule has 0 aliphatic rings. The lowest BCUT2D eigenvalue weighted by Crippen LogP contribution is -1.95. The van der Waals surface area contributed by atoms with Crippen molar-refractivity contribution >= 4 is 0 Å². The number of benzene rings is 1. The van der Waals surface area contributed by atoms with E-state index in [2.05, 4.69) is 16.3 Å². The molecule has 4 nitrogen and oxygen atoms in total. The number of nitrogens with zero attached hydrogens (tertiary/aromatic N) is 1. The van der Waals surface area contributed by atoms with Gasteiger partial charge in [-0.2, -0.15) is 5.10 Å². The third-order valence-corrected chi connectivity index (χ3v) is 2.62. The summed E-state index contributed by atoms with van der Waals surface area (Å²) in [7, 11) is 0. The van der Waals surface area contributed by atoms with Crippen LogP contribution >= 0.6 is 0 Å². The number of H-pyrrole nitrogens is 1. The van der Waals surface area contributed by atoms with E-state index in [-0.39, 0.29) is 0 Å². The Balaban J connectivity index is 2.30. The number of nitrogens with two attached hydrogens (primary N) is 1. The summed E-state index contributed by atoms with van der Waals surface area (Å²) in [6.45, 7) is 5.17. The maximum absolute atomic E-state index is 5.54. The summed E-state index contributed by atoms with van der Waals surface area (Å²) in [5.74, 6) is 0.922. The van der Waals surface area contributed by atoms with Crippen molar-refractivity contribution in [2.24, 2.45) is 5.73 Å². The molecule has 0 saturated carbocycles. The number of aryl methyl sites for hydroxylation is 1. The van der Waals surface area contributed by atoms with Crippen LogP contribution in [0, 0.1) is 6.92 Å². The number of aromatic amines is 1.